The summed E-state index contributed by atoms with van der Waals surface area (Å²) in [7, 11) is 1.66. The molecule has 3 nitrogen and oxygen atoms in total. The van der Waals surface area contributed by atoms with Gasteiger partial charge in [-0.2, -0.15) is 0 Å². The molecule has 1 aromatic rings. The highest BCUT2D eigenvalue weighted by atomic mass is 79.9. The number of halogens is 2. The second-order valence-corrected chi connectivity index (χ2v) is 7.28. The highest BCUT2D eigenvalue weighted by molar-refractivity contribution is 9.11. The van der Waals surface area contributed by atoms with E-state index >= 15 is 0 Å². The van der Waals surface area contributed by atoms with E-state index in [1.165, 1.54) is 0 Å². The molecule has 0 spiro atoms. The Kier molecular flexibility index (Phi) is 4.29. The number of benzene rings is 1. The summed E-state index contributed by atoms with van der Waals surface area (Å²) in [5, 5.41) is 4.28. The molecular weight excluding hydrogens is 380 g/mol. The SMILES string of the molecule is COc1cc(NC2=NC(C)(C)CS2)c(Br)cc1Br. The highest BCUT2D eigenvalue weighted by Gasteiger charge is 2.25. The molecule has 1 N–H and O–H groups in total. The van der Waals surface area contributed by atoms with Crippen LogP contribution >= 0.6 is 43.6 Å². The van der Waals surface area contributed by atoms with E-state index in [2.05, 4.69) is 56.0 Å². The van der Waals surface area contributed by atoms with E-state index in [9.17, 15) is 0 Å². The van der Waals surface area contributed by atoms with Gasteiger partial charge in [-0.3, -0.25) is 4.99 Å². The Hall–Kier alpha value is -0.200. The minimum absolute atomic E-state index is 0.0128. The van der Waals surface area contributed by atoms with Crippen LogP contribution in [-0.4, -0.2) is 23.6 Å². The first kappa shape index (κ1) is 14.2. The molecule has 1 aliphatic heterocycles. The van der Waals surface area contributed by atoms with Crippen molar-refractivity contribution in [2.24, 2.45) is 4.99 Å². The first-order valence-electron chi connectivity index (χ1n) is 5.44. The fourth-order valence-corrected chi connectivity index (χ4v) is 3.85. The molecule has 2 rings (SSSR count). The minimum atomic E-state index is 0.0128. The van der Waals surface area contributed by atoms with Crippen LogP contribution in [0.1, 0.15) is 13.8 Å². The zero-order valence-electron chi connectivity index (χ0n) is 10.4. The molecule has 18 heavy (non-hydrogen) atoms. The fourth-order valence-electron chi connectivity index (χ4n) is 1.54. The lowest BCUT2D eigenvalue weighted by Gasteiger charge is -2.11. The van der Waals surface area contributed by atoms with Gasteiger partial charge in [0.2, 0.25) is 0 Å². The van der Waals surface area contributed by atoms with Crippen molar-refractivity contribution in [2.45, 2.75) is 19.4 Å². The van der Waals surface area contributed by atoms with Gasteiger partial charge in [-0.15, -0.1) is 0 Å². The normalized spacial score (nSPS) is 17.5. The Morgan fingerprint density at radius 3 is 2.61 bits per heavy atom. The second-order valence-electron chi connectivity index (χ2n) is 4.61. The van der Waals surface area contributed by atoms with E-state index in [1.807, 2.05) is 12.1 Å². The molecule has 0 aromatic heterocycles. The summed E-state index contributed by atoms with van der Waals surface area (Å²) in [6.07, 6.45) is 0. The Morgan fingerprint density at radius 1 is 1.33 bits per heavy atom. The molecule has 0 fully saturated rings. The van der Waals surface area contributed by atoms with Crippen LogP contribution in [0.2, 0.25) is 0 Å². The van der Waals surface area contributed by atoms with Gasteiger partial charge in [0.15, 0.2) is 5.17 Å². The van der Waals surface area contributed by atoms with Crippen LogP contribution in [0.5, 0.6) is 5.75 Å². The van der Waals surface area contributed by atoms with Crippen molar-refractivity contribution in [1.29, 1.82) is 0 Å². The average Bonchev–Trinajstić information content (AvgIpc) is 2.62. The number of rotatable bonds is 2. The zero-order valence-corrected chi connectivity index (χ0v) is 14.4. The molecule has 1 heterocycles. The van der Waals surface area contributed by atoms with Crippen molar-refractivity contribution in [3.8, 4) is 5.75 Å². The Bertz CT molecular complexity index is 503. The summed E-state index contributed by atoms with van der Waals surface area (Å²) in [6.45, 7) is 4.26. The van der Waals surface area contributed by atoms with E-state index in [0.29, 0.717) is 0 Å². The zero-order chi connectivity index (χ0) is 13.3. The number of hydrogen-bond acceptors (Lipinski definition) is 4. The molecular formula is C12H14Br2N2OS. The van der Waals surface area contributed by atoms with Crippen LogP contribution in [0.15, 0.2) is 26.1 Å². The van der Waals surface area contributed by atoms with Crippen molar-refractivity contribution in [2.75, 3.05) is 18.2 Å². The standard InChI is InChI=1S/C12H14Br2N2OS/c1-12(2)6-18-11(16-12)15-9-5-10(17-3)8(14)4-7(9)13/h4-5H,6H2,1-3H3,(H,15,16). The van der Waals surface area contributed by atoms with Crippen LogP contribution in [0.4, 0.5) is 5.69 Å². The summed E-state index contributed by atoms with van der Waals surface area (Å²) in [5.74, 6) is 1.80. The van der Waals surface area contributed by atoms with Crippen LogP contribution in [-0.2, 0) is 0 Å². The van der Waals surface area contributed by atoms with Gasteiger partial charge in [-0.25, -0.2) is 0 Å². The Labute approximate surface area is 128 Å². The first-order chi connectivity index (χ1) is 8.41. The molecule has 1 aliphatic rings. The van der Waals surface area contributed by atoms with E-state index in [4.69, 9.17) is 4.74 Å². The molecule has 0 saturated heterocycles. The van der Waals surface area contributed by atoms with E-state index in [1.54, 1.807) is 18.9 Å². The fraction of sp³-hybridized carbons (Fsp3) is 0.417. The molecule has 0 atom stereocenters. The van der Waals surface area contributed by atoms with Gasteiger partial charge < -0.3 is 10.1 Å². The number of methoxy groups -OCH3 is 1. The van der Waals surface area contributed by atoms with Gasteiger partial charge in [-0.1, -0.05) is 11.8 Å². The van der Waals surface area contributed by atoms with Crippen LogP contribution < -0.4 is 10.1 Å². The summed E-state index contributed by atoms with van der Waals surface area (Å²) < 4.78 is 7.19. The lowest BCUT2D eigenvalue weighted by molar-refractivity contribution is 0.412. The molecule has 0 bridgehead atoms. The molecule has 6 heteroatoms. The van der Waals surface area contributed by atoms with Gasteiger partial charge in [0.1, 0.15) is 5.75 Å². The first-order valence-corrected chi connectivity index (χ1v) is 8.01. The highest BCUT2D eigenvalue weighted by Crippen LogP contribution is 2.36. The lowest BCUT2D eigenvalue weighted by atomic mass is 10.1. The third-order valence-electron chi connectivity index (χ3n) is 2.45. The molecule has 0 amide bonds. The maximum atomic E-state index is 5.29. The minimum Gasteiger partial charge on any atom is -0.495 e. The summed E-state index contributed by atoms with van der Waals surface area (Å²) in [5.41, 5.74) is 0.970. The predicted octanol–water partition coefficient (Wildman–Crippen LogP) is 4.51. The predicted molar refractivity (Wildman–Crippen MR) is 86.0 cm³/mol. The number of hydrogen-bond donors (Lipinski definition) is 1. The smallest absolute Gasteiger partial charge is 0.161 e. The van der Waals surface area contributed by atoms with Crippen molar-refractivity contribution >= 4 is 54.5 Å². The topological polar surface area (TPSA) is 33.6 Å². The maximum Gasteiger partial charge on any atom is 0.161 e. The summed E-state index contributed by atoms with van der Waals surface area (Å²) in [4.78, 5) is 4.63. The number of amidine groups is 1. The van der Waals surface area contributed by atoms with Gasteiger partial charge in [-0.05, 0) is 51.8 Å². The molecule has 0 aliphatic carbocycles. The molecule has 0 radical (unpaired) electrons. The number of ether oxygens (including phenoxy) is 1. The molecule has 1 aromatic carbocycles. The molecule has 0 saturated carbocycles. The largest absolute Gasteiger partial charge is 0.495 e. The van der Waals surface area contributed by atoms with E-state index in [-0.39, 0.29) is 5.54 Å². The number of nitrogens with one attached hydrogen (secondary N) is 1. The van der Waals surface area contributed by atoms with Gasteiger partial charge in [0.05, 0.1) is 22.8 Å². The number of aliphatic imine (C=N–C) groups is 1. The van der Waals surface area contributed by atoms with Crippen LogP contribution in [0.3, 0.4) is 0 Å². The molecule has 98 valence electrons. The third-order valence-corrected chi connectivity index (χ3v) is 5.04. The van der Waals surface area contributed by atoms with E-state index < -0.39 is 0 Å². The maximum absolute atomic E-state index is 5.29. The van der Waals surface area contributed by atoms with Gasteiger partial charge >= 0.3 is 0 Å². The number of anilines is 1. The summed E-state index contributed by atoms with van der Waals surface area (Å²) >= 11 is 8.72. The van der Waals surface area contributed by atoms with Crippen molar-refractivity contribution < 1.29 is 4.74 Å². The monoisotopic (exact) mass is 392 g/mol. The Morgan fingerprint density at radius 2 is 2.06 bits per heavy atom. The third kappa shape index (κ3) is 3.22. The second kappa shape index (κ2) is 5.43. The number of nitrogens with zero attached hydrogens (tertiary/aromatic N) is 1. The van der Waals surface area contributed by atoms with Crippen molar-refractivity contribution in [3.05, 3.63) is 21.1 Å². The van der Waals surface area contributed by atoms with Gasteiger partial charge in [0.25, 0.3) is 0 Å². The average molecular weight is 394 g/mol. The summed E-state index contributed by atoms with van der Waals surface area (Å²) in [6, 6.07) is 3.91. The van der Waals surface area contributed by atoms with Crippen LogP contribution in [0, 0.1) is 0 Å². The number of thioether (sulfide) groups is 1. The quantitative estimate of drug-likeness (QED) is 0.802. The molecule has 0 unspecified atom stereocenters. The lowest BCUT2D eigenvalue weighted by Crippen LogP contribution is -2.15. The van der Waals surface area contributed by atoms with Gasteiger partial charge in [0, 0.05) is 16.3 Å². The van der Waals surface area contributed by atoms with Crippen molar-refractivity contribution in [3.63, 3.8) is 0 Å². The van der Waals surface area contributed by atoms with Crippen LogP contribution in [0.25, 0.3) is 0 Å². The Balaban J connectivity index is 2.25. The van der Waals surface area contributed by atoms with Crippen molar-refractivity contribution in [1.82, 2.24) is 0 Å². The van der Waals surface area contributed by atoms with E-state index in [0.717, 1.165) is 31.3 Å².